The molecule has 1 unspecified atom stereocenters. The molecule has 92 valence electrons. The molecular weight excluding hydrogens is 238 g/mol. The summed E-state index contributed by atoms with van der Waals surface area (Å²) in [6.45, 7) is 1.89. The Kier molecular flexibility index (Phi) is 4.99. The van der Waals surface area contributed by atoms with Gasteiger partial charge in [-0.2, -0.15) is 0 Å². The van der Waals surface area contributed by atoms with Crippen LogP contribution >= 0.6 is 11.8 Å². The second-order valence-corrected chi connectivity index (χ2v) is 4.61. The molecule has 17 heavy (non-hydrogen) atoms. The monoisotopic (exact) mass is 253 g/mol. The largest absolute Gasteiger partial charge is 0.351 e. The van der Waals surface area contributed by atoms with Gasteiger partial charge in [-0.15, -0.1) is 11.8 Å². The molecule has 0 aliphatic rings. The van der Waals surface area contributed by atoms with Crippen LogP contribution in [0.25, 0.3) is 0 Å². The van der Waals surface area contributed by atoms with E-state index in [0.717, 1.165) is 10.5 Å². The zero-order valence-corrected chi connectivity index (χ0v) is 10.3. The lowest BCUT2D eigenvalue weighted by molar-refractivity contribution is -0.117. The fourth-order valence-electron chi connectivity index (χ4n) is 1.21. The van der Waals surface area contributed by atoms with Crippen molar-refractivity contribution < 1.29 is 9.59 Å². The molecule has 0 saturated heterocycles. The number of primary amides is 1. The first-order valence-electron chi connectivity index (χ1n) is 5.06. The smallest absolute Gasteiger partial charge is 0.318 e. The van der Waals surface area contributed by atoms with Gasteiger partial charge >= 0.3 is 6.03 Å². The van der Waals surface area contributed by atoms with Crippen molar-refractivity contribution in [3.8, 4) is 0 Å². The second-order valence-electron chi connectivity index (χ2n) is 3.56. The van der Waals surface area contributed by atoms with Gasteiger partial charge in [0.05, 0.1) is 5.75 Å². The maximum atomic E-state index is 11.2. The Morgan fingerprint density at radius 1 is 1.47 bits per heavy atom. The number of benzene rings is 1. The number of nitrogens with two attached hydrogens (primary N) is 2. The number of urea groups is 1. The molecule has 1 rings (SSSR count). The SMILES string of the molecule is CC(N)c1cccc(SCC(=O)NC(N)=O)c1. The Morgan fingerprint density at radius 3 is 2.76 bits per heavy atom. The van der Waals surface area contributed by atoms with E-state index in [4.69, 9.17) is 11.5 Å². The summed E-state index contributed by atoms with van der Waals surface area (Å²) < 4.78 is 0. The van der Waals surface area contributed by atoms with Crippen LogP contribution in [0.2, 0.25) is 0 Å². The third-order valence-corrected chi connectivity index (χ3v) is 3.01. The molecule has 0 fully saturated rings. The minimum Gasteiger partial charge on any atom is -0.351 e. The lowest BCUT2D eigenvalue weighted by Crippen LogP contribution is -2.36. The predicted octanol–water partition coefficient (Wildman–Crippen LogP) is 0.993. The first-order chi connectivity index (χ1) is 7.99. The Hall–Kier alpha value is -1.53. The summed E-state index contributed by atoms with van der Waals surface area (Å²) in [5, 5.41) is 2.00. The van der Waals surface area contributed by atoms with E-state index in [1.54, 1.807) is 0 Å². The first kappa shape index (κ1) is 13.5. The number of thioether (sulfide) groups is 1. The van der Waals surface area contributed by atoms with Crippen molar-refractivity contribution in [3.63, 3.8) is 0 Å². The van der Waals surface area contributed by atoms with Gasteiger partial charge in [-0.1, -0.05) is 12.1 Å². The molecule has 0 heterocycles. The van der Waals surface area contributed by atoms with Gasteiger partial charge in [0.15, 0.2) is 0 Å². The minimum atomic E-state index is -0.833. The molecule has 0 spiro atoms. The standard InChI is InChI=1S/C11H15N3O2S/c1-7(12)8-3-2-4-9(5-8)17-6-10(15)14-11(13)16/h2-5,7H,6,12H2,1H3,(H3,13,14,15,16). The number of rotatable bonds is 4. The molecule has 1 aromatic rings. The molecule has 0 radical (unpaired) electrons. The van der Waals surface area contributed by atoms with Gasteiger partial charge in [0.25, 0.3) is 0 Å². The van der Waals surface area contributed by atoms with Crippen LogP contribution in [0.1, 0.15) is 18.5 Å². The lowest BCUT2D eigenvalue weighted by atomic mass is 10.1. The van der Waals surface area contributed by atoms with Gasteiger partial charge in [-0.25, -0.2) is 4.79 Å². The molecule has 0 saturated carbocycles. The van der Waals surface area contributed by atoms with E-state index >= 15 is 0 Å². The van der Waals surface area contributed by atoms with Crippen LogP contribution in [0.3, 0.4) is 0 Å². The number of carbonyl (C=O) groups is 2. The van der Waals surface area contributed by atoms with Crippen LogP contribution < -0.4 is 16.8 Å². The van der Waals surface area contributed by atoms with Gasteiger partial charge in [-0.3, -0.25) is 10.1 Å². The van der Waals surface area contributed by atoms with Gasteiger partial charge in [0.2, 0.25) is 5.91 Å². The summed E-state index contributed by atoms with van der Waals surface area (Å²) in [5.74, 6) is -0.264. The second kappa shape index (κ2) is 6.27. The normalized spacial score (nSPS) is 11.9. The summed E-state index contributed by atoms with van der Waals surface area (Å²) in [4.78, 5) is 22.5. The molecule has 1 aromatic carbocycles. The Bertz CT molecular complexity index is 421. The third kappa shape index (κ3) is 4.88. The molecule has 1 atom stereocenters. The van der Waals surface area contributed by atoms with Gasteiger partial charge in [-0.05, 0) is 24.6 Å². The molecule has 3 amide bonds. The van der Waals surface area contributed by atoms with Gasteiger partial charge in [0.1, 0.15) is 0 Å². The zero-order chi connectivity index (χ0) is 12.8. The molecule has 5 nitrogen and oxygen atoms in total. The molecule has 0 bridgehead atoms. The van der Waals surface area contributed by atoms with Crippen LogP contribution in [-0.2, 0) is 4.79 Å². The third-order valence-electron chi connectivity index (χ3n) is 2.02. The Labute approximate surface area is 104 Å². The van der Waals surface area contributed by atoms with Crippen molar-refractivity contribution in [1.29, 1.82) is 0 Å². The highest BCUT2D eigenvalue weighted by molar-refractivity contribution is 8.00. The van der Waals surface area contributed by atoms with Crippen LogP contribution in [0.5, 0.6) is 0 Å². The van der Waals surface area contributed by atoms with Crippen molar-refractivity contribution in [3.05, 3.63) is 29.8 Å². The maximum absolute atomic E-state index is 11.2. The van der Waals surface area contributed by atoms with Crippen molar-refractivity contribution in [1.82, 2.24) is 5.32 Å². The van der Waals surface area contributed by atoms with E-state index in [0.29, 0.717) is 0 Å². The Balaban J connectivity index is 2.54. The highest BCUT2D eigenvalue weighted by Gasteiger charge is 2.06. The predicted molar refractivity (Wildman–Crippen MR) is 67.5 cm³/mol. The highest BCUT2D eigenvalue weighted by atomic mass is 32.2. The number of amides is 3. The molecule has 0 aliphatic carbocycles. The van der Waals surface area contributed by atoms with Crippen LogP contribution in [-0.4, -0.2) is 17.7 Å². The Morgan fingerprint density at radius 2 is 2.18 bits per heavy atom. The summed E-state index contributed by atoms with van der Waals surface area (Å²) >= 11 is 1.33. The van der Waals surface area contributed by atoms with Crippen molar-refractivity contribution >= 4 is 23.7 Å². The molecular formula is C11H15N3O2S. The molecule has 6 heteroatoms. The number of hydrogen-bond acceptors (Lipinski definition) is 4. The van der Waals surface area contributed by atoms with Crippen LogP contribution in [0, 0.1) is 0 Å². The van der Waals surface area contributed by atoms with Gasteiger partial charge < -0.3 is 11.5 Å². The van der Waals surface area contributed by atoms with E-state index in [1.165, 1.54) is 11.8 Å². The average molecular weight is 253 g/mol. The van der Waals surface area contributed by atoms with E-state index in [2.05, 4.69) is 0 Å². The molecule has 0 aliphatic heterocycles. The summed E-state index contributed by atoms with van der Waals surface area (Å²) in [6, 6.07) is 6.74. The lowest BCUT2D eigenvalue weighted by Gasteiger charge is -2.07. The maximum Gasteiger partial charge on any atom is 0.318 e. The molecule has 0 aromatic heterocycles. The number of nitrogens with one attached hydrogen (secondary N) is 1. The van der Waals surface area contributed by atoms with Crippen LogP contribution in [0.4, 0.5) is 4.79 Å². The number of carbonyl (C=O) groups excluding carboxylic acids is 2. The number of hydrogen-bond donors (Lipinski definition) is 3. The summed E-state index contributed by atoms with van der Waals surface area (Å²) in [6.07, 6.45) is 0. The summed E-state index contributed by atoms with van der Waals surface area (Å²) in [7, 11) is 0. The van der Waals surface area contributed by atoms with E-state index in [9.17, 15) is 9.59 Å². The minimum absolute atomic E-state index is 0.0463. The topological polar surface area (TPSA) is 98.2 Å². The van der Waals surface area contributed by atoms with Gasteiger partial charge in [0, 0.05) is 10.9 Å². The van der Waals surface area contributed by atoms with Crippen molar-refractivity contribution in [2.45, 2.75) is 17.9 Å². The summed E-state index contributed by atoms with van der Waals surface area (Å²) in [5.41, 5.74) is 11.6. The fraction of sp³-hybridized carbons (Fsp3) is 0.273. The molecule has 5 N–H and O–H groups in total. The van der Waals surface area contributed by atoms with E-state index in [1.807, 2.05) is 36.5 Å². The number of imide groups is 1. The van der Waals surface area contributed by atoms with E-state index < -0.39 is 11.9 Å². The van der Waals surface area contributed by atoms with Crippen LogP contribution in [0.15, 0.2) is 29.2 Å². The average Bonchev–Trinajstić information content (AvgIpc) is 2.26. The van der Waals surface area contributed by atoms with Crippen molar-refractivity contribution in [2.75, 3.05) is 5.75 Å². The zero-order valence-electron chi connectivity index (χ0n) is 9.47. The fourth-order valence-corrected chi connectivity index (χ4v) is 1.97. The highest BCUT2D eigenvalue weighted by Crippen LogP contribution is 2.21. The van der Waals surface area contributed by atoms with E-state index in [-0.39, 0.29) is 11.8 Å². The quantitative estimate of drug-likeness (QED) is 0.697. The first-order valence-corrected chi connectivity index (χ1v) is 6.05. The van der Waals surface area contributed by atoms with Crippen molar-refractivity contribution in [2.24, 2.45) is 11.5 Å².